The molecule has 2 aromatic carbocycles. The van der Waals surface area contributed by atoms with Crippen molar-refractivity contribution in [2.75, 3.05) is 13.6 Å². The molecule has 2 heterocycles. The van der Waals surface area contributed by atoms with Crippen molar-refractivity contribution in [3.8, 4) is 0 Å². The molecule has 0 saturated carbocycles. The van der Waals surface area contributed by atoms with E-state index in [2.05, 4.69) is 45.7 Å². The van der Waals surface area contributed by atoms with Crippen LogP contribution in [0.3, 0.4) is 0 Å². The summed E-state index contributed by atoms with van der Waals surface area (Å²) >= 11 is 0. The van der Waals surface area contributed by atoms with Crippen LogP contribution < -0.4 is 0 Å². The summed E-state index contributed by atoms with van der Waals surface area (Å²) in [5, 5.41) is 1.06. The number of fused-ring (bicyclic) bond motifs is 3. The van der Waals surface area contributed by atoms with Crippen LogP contribution in [0.5, 0.6) is 0 Å². The molecule has 0 fully saturated rings. The van der Waals surface area contributed by atoms with Gasteiger partial charge in [0.25, 0.3) is 10.0 Å². The van der Waals surface area contributed by atoms with Crippen molar-refractivity contribution in [2.45, 2.75) is 57.4 Å². The number of rotatable bonds is 2. The summed E-state index contributed by atoms with van der Waals surface area (Å²) in [7, 11) is -1.57. The Morgan fingerprint density at radius 1 is 1.00 bits per heavy atom. The number of aryl methyl sites for hydroxylation is 1. The monoisotopic (exact) mass is 410 g/mol. The third-order valence-electron chi connectivity index (χ3n) is 5.93. The van der Waals surface area contributed by atoms with E-state index >= 15 is 0 Å². The normalized spacial score (nSPS) is 16.0. The van der Waals surface area contributed by atoms with Gasteiger partial charge in [-0.15, -0.1) is 0 Å². The van der Waals surface area contributed by atoms with E-state index in [4.69, 9.17) is 0 Å². The van der Waals surface area contributed by atoms with Crippen LogP contribution in [0.4, 0.5) is 0 Å². The molecule has 0 atom stereocenters. The topological polar surface area (TPSA) is 42.3 Å². The van der Waals surface area contributed by atoms with E-state index in [0.29, 0.717) is 4.90 Å². The lowest BCUT2D eigenvalue weighted by Crippen LogP contribution is -2.17. The average molecular weight is 411 g/mol. The zero-order chi connectivity index (χ0) is 21.0. The van der Waals surface area contributed by atoms with Gasteiger partial charge in [0.15, 0.2) is 0 Å². The van der Waals surface area contributed by atoms with E-state index in [1.165, 1.54) is 0 Å². The minimum atomic E-state index is -3.67. The average Bonchev–Trinajstić information content (AvgIpc) is 2.81. The quantitative estimate of drug-likeness (QED) is 0.606. The Bertz CT molecular complexity index is 1170. The maximum atomic E-state index is 13.8. The first-order valence-corrected chi connectivity index (χ1v) is 11.7. The molecular weight excluding hydrogens is 380 g/mol. The number of hydrogen-bond donors (Lipinski definition) is 0. The molecule has 29 heavy (non-hydrogen) atoms. The summed E-state index contributed by atoms with van der Waals surface area (Å²) in [5.41, 5.74) is 5.15. The summed E-state index contributed by atoms with van der Waals surface area (Å²) in [6.45, 7) is 10.2. The van der Waals surface area contributed by atoms with Crippen LogP contribution >= 0.6 is 0 Å². The lowest BCUT2D eigenvalue weighted by Gasteiger charge is -2.19. The molecule has 0 aliphatic carbocycles. The highest BCUT2D eigenvalue weighted by atomic mass is 32.2. The molecule has 0 radical (unpaired) electrons. The first-order valence-electron chi connectivity index (χ1n) is 10.3. The van der Waals surface area contributed by atoms with Gasteiger partial charge < -0.3 is 4.90 Å². The van der Waals surface area contributed by atoms with Crippen LogP contribution in [-0.2, 0) is 28.4 Å². The zero-order valence-corrected chi connectivity index (χ0v) is 18.8. The molecule has 0 saturated heterocycles. The predicted octanol–water partition coefficient (Wildman–Crippen LogP) is 4.86. The fourth-order valence-corrected chi connectivity index (χ4v) is 5.89. The van der Waals surface area contributed by atoms with Crippen molar-refractivity contribution >= 4 is 20.9 Å². The molecular formula is C24H30N2O2S. The second-order valence-electron chi connectivity index (χ2n) is 9.33. The highest BCUT2D eigenvalue weighted by Crippen LogP contribution is 2.34. The van der Waals surface area contributed by atoms with Gasteiger partial charge in [-0.25, -0.2) is 12.4 Å². The molecule has 0 bridgehead atoms. The lowest BCUT2D eigenvalue weighted by atomic mass is 9.87. The van der Waals surface area contributed by atoms with Crippen LogP contribution in [0.2, 0.25) is 0 Å². The molecule has 1 aliphatic heterocycles. The van der Waals surface area contributed by atoms with Gasteiger partial charge in [0.2, 0.25) is 0 Å². The predicted molar refractivity (Wildman–Crippen MR) is 119 cm³/mol. The van der Waals surface area contributed by atoms with E-state index in [-0.39, 0.29) is 5.41 Å². The highest BCUT2D eigenvalue weighted by molar-refractivity contribution is 7.90. The lowest BCUT2D eigenvalue weighted by molar-refractivity contribution is 0.333. The van der Waals surface area contributed by atoms with Gasteiger partial charge in [-0.1, -0.05) is 44.5 Å². The third kappa shape index (κ3) is 3.51. The summed E-state index contributed by atoms with van der Waals surface area (Å²) in [6.07, 6.45) is 1.73. The smallest absolute Gasteiger partial charge is 0.268 e. The molecule has 0 unspecified atom stereocenters. The molecule has 1 aromatic heterocycles. The molecule has 1 aliphatic rings. The van der Waals surface area contributed by atoms with Crippen LogP contribution in [0, 0.1) is 6.92 Å². The minimum absolute atomic E-state index is 0.0123. The summed E-state index contributed by atoms with van der Waals surface area (Å²) in [5.74, 6) is 0. The van der Waals surface area contributed by atoms with E-state index in [1.54, 1.807) is 16.1 Å². The second kappa shape index (κ2) is 6.99. The van der Waals surface area contributed by atoms with Crippen LogP contribution in [0.1, 0.15) is 49.6 Å². The van der Waals surface area contributed by atoms with Crippen molar-refractivity contribution in [2.24, 2.45) is 0 Å². The highest BCUT2D eigenvalue weighted by Gasteiger charge is 2.28. The Hall–Kier alpha value is -2.11. The van der Waals surface area contributed by atoms with Crippen LogP contribution in [0.15, 0.2) is 47.4 Å². The number of hydrogen-bond acceptors (Lipinski definition) is 3. The van der Waals surface area contributed by atoms with Gasteiger partial charge in [0.1, 0.15) is 0 Å². The second-order valence-corrected chi connectivity index (χ2v) is 11.1. The minimum Gasteiger partial charge on any atom is -0.302 e. The Balaban J connectivity index is 1.94. The van der Waals surface area contributed by atoms with Crippen molar-refractivity contribution in [1.82, 2.24) is 8.87 Å². The van der Waals surface area contributed by atoms with Crippen molar-refractivity contribution in [3.63, 3.8) is 0 Å². The van der Waals surface area contributed by atoms with Gasteiger partial charge in [0, 0.05) is 17.6 Å². The summed E-state index contributed by atoms with van der Waals surface area (Å²) < 4.78 is 29.2. The number of benzene rings is 2. The molecule has 0 N–H and O–H groups in total. The van der Waals surface area contributed by atoms with Crippen molar-refractivity contribution in [1.29, 1.82) is 0 Å². The number of aromatic nitrogens is 1. The van der Waals surface area contributed by atoms with Gasteiger partial charge in [-0.05, 0) is 74.2 Å². The third-order valence-corrected chi connectivity index (χ3v) is 7.70. The first kappa shape index (κ1) is 20.2. The summed E-state index contributed by atoms with van der Waals surface area (Å²) in [4.78, 5) is 2.63. The van der Waals surface area contributed by atoms with Gasteiger partial charge in [0.05, 0.1) is 10.4 Å². The zero-order valence-electron chi connectivity index (χ0n) is 18.0. The largest absolute Gasteiger partial charge is 0.302 e. The molecule has 4 rings (SSSR count). The molecule has 3 aromatic rings. The molecule has 5 heteroatoms. The van der Waals surface area contributed by atoms with Gasteiger partial charge >= 0.3 is 0 Å². The Morgan fingerprint density at radius 3 is 2.34 bits per heavy atom. The molecule has 4 nitrogen and oxygen atoms in total. The first-order chi connectivity index (χ1) is 13.6. The van der Waals surface area contributed by atoms with Gasteiger partial charge in [-0.2, -0.15) is 0 Å². The Kier molecular flexibility index (Phi) is 4.87. The van der Waals surface area contributed by atoms with Crippen LogP contribution in [-0.4, -0.2) is 30.9 Å². The van der Waals surface area contributed by atoms with E-state index in [0.717, 1.165) is 59.2 Å². The Labute approximate surface area is 174 Å². The van der Waals surface area contributed by atoms with E-state index in [9.17, 15) is 8.42 Å². The van der Waals surface area contributed by atoms with Crippen molar-refractivity contribution in [3.05, 3.63) is 64.8 Å². The Morgan fingerprint density at radius 2 is 1.69 bits per heavy atom. The fourth-order valence-electron chi connectivity index (χ4n) is 4.29. The summed E-state index contributed by atoms with van der Waals surface area (Å²) in [6, 6.07) is 13.5. The van der Waals surface area contributed by atoms with Gasteiger partial charge in [-0.3, -0.25) is 0 Å². The maximum absolute atomic E-state index is 13.8. The standard InChI is InChI=1S/C24H30N2O2S/c1-17-8-13-23-20(15-17)21-16-25(5)14-6-7-22(21)26(23)29(27,28)19-11-9-18(10-12-19)24(2,3)4/h8-13,15H,6-7,14,16H2,1-5H3. The van der Waals surface area contributed by atoms with E-state index in [1.807, 2.05) is 24.3 Å². The molecule has 0 spiro atoms. The number of nitrogens with zero attached hydrogens (tertiary/aromatic N) is 2. The fraction of sp³-hybridized carbons (Fsp3) is 0.417. The van der Waals surface area contributed by atoms with Crippen LogP contribution in [0.25, 0.3) is 10.9 Å². The molecule has 154 valence electrons. The van der Waals surface area contributed by atoms with Crippen molar-refractivity contribution < 1.29 is 8.42 Å². The van der Waals surface area contributed by atoms with E-state index < -0.39 is 10.0 Å². The molecule has 0 amide bonds. The maximum Gasteiger partial charge on any atom is 0.268 e. The SMILES string of the molecule is Cc1ccc2c(c1)c1c(n2S(=O)(=O)c2ccc(C(C)(C)C)cc2)CCCN(C)C1.